The van der Waals surface area contributed by atoms with Crippen molar-refractivity contribution < 1.29 is 18.8 Å². The van der Waals surface area contributed by atoms with E-state index in [9.17, 15) is 10.1 Å². The quantitative estimate of drug-likeness (QED) is 0.347. The summed E-state index contributed by atoms with van der Waals surface area (Å²) >= 11 is 5.41. The highest BCUT2D eigenvalue weighted by Gasteiger charge is 2.14. The standard InChI is InChI=1S/C19H15NO5S/c21-20(22)13-4-6-15-14(10-13)19(26)11-17(25-15)12-3-5-16-18(9-12)24-8-2-1-7-23-16/h3-6,9-11H,1-2,7-8H2. The van der Waals surface area contributed by atoms with Gasteiger partial charge in [-0.05, 0) is 37.1 Å². The van der Waals surface area contributed by atoms with Gasteiger partial charge in [-0.1, -0.05) is 12.2 Å². The maximum absolute atomic E-state index is 10.9. The lowest BCUT2D eigenvalue weighted by Crippen LogP contribution is -2.08. The number of nitro benzene ring substituents is 1. The summed E-state index contributed by atoms with van der Waals surface area (Å²) in [5.41, 5.74) is 1.29. The highest BCUT2D eigenvalue weighted by Crippen LogP contribution is 2.35. The van der Waals surface area contributed by atoms with Crippen LogP contribution in [0.1, 0.15) is 12.8 Å². The number of nitro groups is 1. The molecule has 3 aromatic rings. The molecule has 1 aliphatic rings. The van der Waals surface area contributed by atoms with Crippen molar-refractivity contribution in [1.29, 1.82) is 0 Å². The van der Waals surface area contributed by atoms with Gasteiger partial charge in [0, 0.05) is 29.1 Å². The molecule has 26 heavy (non-hydrogen) atoms. The Morgan fingerprint density at radius 1 is 0.962 bits per heavy atom. The van der Waals surface area contributed by atoms with Crippen molar-refractivity contribution in [2.75, 3.05) is 13.2 Å². The Morgan fingerprint density at radius 2 is 1.73 bits per heavy atom. The number of fused-ring (bicyclic) bond motifs is 2. The van der Waals surface area contributed by atoms with Crippen LogP contribution >= 0.6 is 12.2 Å². The lowest BCUT2D eigenvalue weighted by atomic mass is 10.1. The average Bonchev–Trinajstić information content (AvgIpc) is 2.61. The summed E-state index contributed by atoms with van der Waals surface area (Å²) in [6, 6.07) is 11.7. The first-order valence-corrected chi connectivity index (χ1v) is 8.65. The zero-order valence-corrected chi connectivity index (χ0v) is 14.6. The third kappa shape index (κ3) is 3.13. The molecule has 0 N–H and O–H groups in total. The molecule has 0 atom stereocenters. The molecule has 0 saturated heterocycles. The van der Waals surface area contributed by atoms with Gasteiger partial charge in [-0.25, -0.2) is 0 Å². The maximum atomic E-state index is 10.9. The number of rotatable bonds is 2. The Kier molecular flexibility index (Phi) is 4.30. The van der Waals surface area contributed by atoms with Gasteiger partial charge in [-0.2, -0.15) is 0 Å². The summed E-state index contributed by atoms with van der Waals surface area (Å²) in [5.74, 6) is 1.96. The van der Waals surface area contributed by atoms with E-state index in [4.69, 9.17) is 26.1 Å². The molecule has 1 aliphatic heterocycles. The van der Waals surface area contributed by atoms with E-state index in [1.165, 1.54) is 12.1 Å². The summed E-state index contributed by atoms with van der Waals surface area (Å²) in [6.07, 6.45) is 1.91. The molecule has 6 nitrogen and oxygen atoms in total. The van der Waals surface area contributed by atoms with Gasteiger partial charge >= 0.3 is 0 Å². The number of hydrogen-bond acceptors (Lipinski definition) is 6. The molecule has 0 saturated carbocycles. The molecular weight excluding hydrogens is 354 g/mol. The summed E-state index contributed by atoms with van der Waals surface area (Å²) in [4.78, 5) is 10.5. The van der Waals surface area contributed by atoms with E-state index in [1.807, 2.05) is 18.2 Å². The first kappa shape index (κ1) is 16.5. The number of nitrogens with zero attached hydrogens (tertiary/aromatic N) is 1. The van der Waals surface area contributed by atoms with Crippen molar-refractivity contribution in [3.8, 4) is 22.8 Å². The van der Waals surface area contributed by atoms with E-state index in [1.54, 1.807) is 12.1 Å². The largest absolute Gasteiger partial charge is 0.490 e. The lowest BCUT2D eigenvalue weighted by molar-refractivity contribution is -0.384. The molecule has 0 amide bonds. The molecule has 0 radical (unpaired) electrons. The van der Waals surface area contributed by atoms with Gasteiger partial charge in [0.05, 0.1) is 22.6 Å². The van der Waals surface area contributed by atoms with E-state index in [2.05, 4.69) is 0 Å². The Labute approximate surface area is 154 Å². The van der Waals surface area contributed by atoms with Crippen LogP contribution in [-0.2, 0) is 0 Å². The number of benzene rings is 2. The Morgan fingerprint density at radius 3 is 2.50 bits per heavy atom. The van der Waals surface area contributed by atoms with Crippen molar-refractivity contribution in [2.24, 2.45) is 0 Å². The van der Waals surface area contributed by atoms with Gasteiger partial charge in [0.25, 0.3) is 5.69 Å². The van der Waals surface area contributed by atoms with E-state index in [0.29, 0.717) is 46.0 Å². The van der Waals surface area contributed by atoms with Crippen molar-refractivity contribution >= 4 is 28.9 Å². The first-order chi connectivity index (χ1) is 12.6. The highest BCUT2D eigenvalue weighted by molar-refractivity contribution is 7.71. The van der Waals surface area contributed by atoms with Crippen LogP contribution in [0.5, 0.6) is 11.5 Å². The predicted octanol–water partition coefficient (Wildman–Crippen LogP) is 5.29. The van der Waals surface area contributed by atoms with Gasteiger partial charge in [-0.15, -0.1) is 0 Å². The van der Waals surface area contributed by atoms with Crippen LogP contribution in [0.3, 0.4) is 0 Å². The van der Waals surface area contributed by atoms with Gasteiger partial charge < -0.3 is 13.9 Å². The van der Waals surface area contributed by atoms with E-state index >= 15 is 0 Å². The van der Waals surface area contributed by atoms with Crippen LogP contribution < -0.4 is 9.47 Å². The fourth-order valence-electron chi connectivity index (χ4n) is 2.86. The van der Waals surface area contributed by atoms with Gasteiger partial charge in [0.1, 0.15) is 11.3 Å². The van der Waals surface area contributed by atoms with Crippen molar-refractivity contribution in [1.82, 2.24) is 0 Å². The molecule has 2 heterocycles. The zero-order valence-electron chi connectivity index (χ0n) is 13.8. The zero-order chi connectivity index (χ0) is 18.1. The number of non-ortho nitro benzene ring substituents is 1. The summed E-state index contributed by atoms with van der Waals surface area (Å²) in [5, 5.41) is 11.5. The molecule has 0 unspecified atom stereocenters. The molecule has 2 aromatic carbocycles. The van der Waals surface area contributed by atoms with Crippen LogP contribution in [0, 0.1) is 14.6 Å². The Balaban J connectivity index is 1.79. The molecule has 0 bridgehead atoms. The molecule has 132 valence electrons. The number of ether oxygens (including phenoxy) is 2. The molecule has 7 heteroatoms. The predicted molar refractivity (Wildman–Crippen MR) is 99.4 cm³/mol. The van der Waals surface area contributed by atoms with Crippen molar-refractivity contribution in [3.63, 3.8) is 0 Å². The summed E-state index contributed by atoms with van der Waals surface area (Å²) in [6.45, 7) is 1.32. The monoisotopic (exact) mass is 369 g/mol. The Bertz CT molecular complexity index is 1060. The molecule has 0 aliphatic carbocycles. The van der Waals surface area contributed by atoms with E-state index in [-0.39, 0.29) is 5.69 Å². The normalized spacial score (nSPS) is 13.8. The van der Waals surface area contributed by atoms with Crippen molar-refractivity contribution in [3.05, 3.63) is 57.1 Å². The molecule has 1 aromatic heterocycles. The van der Waals surface area contributed by atoms with Gasteiger partial charge in [0.2, 0.25) is 0 Å². The second-order valence-electron chi connectivity index (χ2n) is 5.98. The van der Waals surface area contributed by atoms with Crippen molar-refractivity contribution in [2.45, 2.75) is 12.8 Å². The smallest absolute Gasteiger partial charge is 0.270 e. The van der Waals surface area contributed by atoms with E-state index in [0.717, 1.165) is 18.4 Å². The van der Waals surface area contributed by atoms with Crippen LogP contribution in [0.15, 0.2) is 46.9 Å². The molecular formula is C19H15NO5S. The second kappa shape index (κ2) is 6.76. The average molecular weight is 369 g/mol. The molecule has 0 fully saturated rings. The third-order valence-corrected chi connectivity index (χ3v) is 4.54. The minimum Gasteiger partial charge on any atom is -0.490 e. The Hall–Kier alpha value is -2.93. The minimum atomic E-state index is -0.450. The fraction of sp³-hybridized carbons (Fsp3) is 0.211. The molecule has 0 spiro atoms. The lowest BCUT2D eigenvalue weighted by Gasteiger charge is -2.17. The first-order valence-electron chi connectivity index (χ1n) is 8.24. The topological polar surface area (TPSA) is 74.7 Å². The fourth-order valence-corrected chi connectivity index (χ4v) is 3.13. The van der Waals surface area contributed by atoms with Gasteiger partial charge in [0.15, 0.2) is 11.5 Å². The van der Waals surface area contributed by atoms with Gasteiger partial charge in [-0.3, -0.25) is 10.1 Å². The van der Waals surface area contributed by atoms with Crippen LogP contribution in [-0.4, -0.2) is 18.1 Å². The molecule has 4 rings (SSSR count). The third-order valence-electron chi connectivity index (χ3n) is 4.20. The van der Waals surface area contributed by atoms with E-state index < -0.39 is 4.92 Å². The van der Waals surface area contributed by atoms with Crippen LogP contribution in [0.4, 0.5) is 5.69 Å². The van der Waals surface area contributed by atoms with Crippen LogP contribution in [0.2, 0.25) is 0 Å². The maximum Gasteiger partial charge on any atom is 0.270 e. The summed E-state index contributed by atoms with van der Waals surface area (Å²) in [7, 11) is 0. The minimum absolute atomic E-state index is 0.0156. The SMILES string of the molecule is O=[N+]([O-])c1ccc2oc(-c3ccc4c(c3)OCCCCO4)cc(=S)c2c1. The highest BCUT2D eigenvalue weighted by atomic mass is 32.1. The second-order valence-corrected chi connectivity index (χ2v) is 6.42. The number of hydrogen-bond donors (Lipinski definition) is 0. The summed E-state index contributed by atoms with van der Waals surface area (Å²) < 4.78 is 17.9. The van der Waals surface area contributed by atoms with Crippen LogP contribution in [0.25, 0.3) is 22.3 Å².